The lowest BCUT2D eigenvalue weighted by molar-refractivity contribution is 0.517. The highest BCUT2D eigenvalue weighted by Crippen LogP contribution is 2.32. The predicted molar refractivity (Wildman–Crippen MR) is 68.5 cm³/mol. The van der Waals surface area contributed by atoms with E-state index in [9.17, 15) is 0 Å². The zero-order valence-corrected chi connectivity index (χ0v) is 10.7. The summed E-state index contributed by atoms with van der Waals surface area (Å²) in [5.41, 5.74) is 6.03. The molecule has 2 rings (SSSR count). The Morgan fingerprint density at radius 3 is 3.06 bits per heavy atom. The van der Waals surface area contributed by atoms with Gasteiger partial charge >= 0.3 is 0 Å². The van der Waals surface area contributed by atoms with Gasteiger partial charge in [-0.1, -0.05) is 6.92 Å². The van der Waals surface area contributed by atoms with E-state index >= 15 is 0 Å². The van der Waals surface area contributed by atoms with E-state index in [1.54, 1.807) is 11.3 Å². The molecular weight excluding hydrogens is 218 g/mol. The molecule has 0 amide bonds. The zero-order valence-electron chi connectivity index (χ0n) is 9.91. The minimum absolute atomic E-state index is 0.412. The molecule has 0 aliphatic heterocycles. The van der Waals surface area contributed by atoms with Gasteiger partial charge in [0.15, 0.2) is 0 Å². The fraction of sp³-hybridized carbons (Fsp3) is 0.750. The van der Waals surface area contributed by atoms with Crippen LogP contribution in [0.2, 0.25) is 0 Å². The van der Waals surface area contributed by atoms with E-state index in [4.69, 9.17) is 5.73 Å². The van der Waals surface area contributed by atoms with E-state index < -0.39 is 0 Å². The van der Waals surface area contributed by atoms with Gasteiger partial charge in [-0.25, -0.2) is 4.98 Å². The highest BCUT2D eigenvalue weighted by Gasteiger charge is 2.27. The first-order valence-corrected chi connectivity index (χ1v) is 7.01. The summed E-state index contributed by atoms with van der Waals surface area (Å²) < 4.78 is 0. The summed E-state index contributed by atoms with van der Waals surface area (Å²) in [6.45, 7) is 4.07. The number of nitrogens with zero attached hydrogens (tertiary/aromatic N) is 1. The molecule has 4 heteroatoms. The molecule has 1 aromatic heterocycles. The van der Waals surface area contributed by atoms with E-state index in [0.29, 0.717) is 6.04 Å². The van der Waals surface area contributed by atoms with E-state index in [2.05, 4.69) is 17.2 Å². The number of rotatable bonds is 7. The summed E-state index contributed by atoms with van der Waals surface area (Å²) in [4.78, 5) is 5.74. The molecule has 1 aliphatic carbocycles. The van der Waals surface area contributed by atoms with E-state index in [-0.39, 0.29) is 0 Å². The highest BCUT2D eigenvalue weighted by molar-refractivity contribution is 7.11. The maximum absolute atomic E-state index is 6.03. The number of hydrogen-bond acceptors (Lipinski definition) is 4. The van der Waals surface area contributed by atoms with Gasteiger partial charge in [0.05, 0.1) is 0 Å². The fourth-order valence-electron chi connectivity index (χ4n) is 1.82. The van der Waals surface area contributed by atoms with Crippen LogP contribution in [0, 0.1) is 5.92 Å². The maximum atomic E-state index is 6.03. The molecule has 16 heavy (non-hydrogen) atoms. The van der Waals surface area contributed by atoms with Crippen molar-refractivity contribution in [2.24, 2.45) is 11.7 Å². The first kappa shape index (κ1) is 12.0. The number of hydrogen-bond donors (Lipinski definition) is 2. The Labute approximate surface area is 101 Å². The van der Waals surface area contributed by atoms with Gasteiger partial charge in [0.2, 0.25) is 0 Å². The summed E-state index contributed by atoms with van der Waals surface area (Å²) in [5.74, 6) is 0.813. The average molecular weight is 239 g/mol. The quantitative estimate of drug-likeness (QED) is 0.715. The molecule has 0 aromatic carbocycles. The second-order valence-electron chi connectivity index (χ2n) is 4.54. The zero-order chi connectivity index (χ0) is 11.4. The van der Waals surface area contributed by atoms with Gasteiger partial charge in [-0.15, -0.1) is 11.3 Å². The molecule has 3 N–H and O–H groups in total. The lowest BCUT2D eigenvalue weighted by atomic mass is 10.1. The maximum Gasteiger partial charge on any atom is 0.107 e. The number of aryl methyl sites for hydroxylation is 1. The molecular formula is C12H21N3S. The van der Waals surface area contributed by atoms with E-state index in [0.717, 1.165) is 31.8 Å². The third kappa shape index (κ3) is 3.54. The number of aromatic nitrogens is 1. The fourth-order valence-corrected chi connectivity index (χ4v) is 2.65. The summed E-state index contributed by atoms with van der Waals surface area (Å²) in [6, 6.07) is 0.412. The summed E-state index contributed by atoms with van der Waals surface area (Å²) in [5, 5.41) is 4.61. The Balaban J connectivity index is 1.60. The van der Waals surface area contributed by atoms with Crippen LogP contribution in [-0.2, 0) is 13.0 Å². The Bertz CT molecular complexity index is 320. The Hall–Kier alpha value is -0.450. The van der Waals surface area contributed by atoms with Crippen LogP contribution in [0.5, 0.6) is 0 Å². The van der Waals surface area contributed by atoms with Crippen molar-refractivity contribution in [1.82, 2.24) is 10.3 Å². The molecule has 1 saturated carbocycles. The summed E-state index contributed by atoms with van der Waals surface area (Å²) >= 11 is 1.81. The molecule has 1 heterocycles. The van der Waals surface area contributed by atoms with Crippen molar-refractivity contribution in [1.29, 1.82) is 0 Å². The van der Waals surface area contributed by atoms with Crippen LogP contribution in [0.15, 0.2) is 6.20 Å². The molecule has 0 saturated heterocycles. The normalized spacial score (nSPS) is 17.6. The SMILES string of the molecule is CCc1cnc(CNCCC(N)C2CC2)s1. The minimum Gasteiger partial charge on any atom is -0.327 e. The van der Waals surface area contributed by atoms with Crippen molar-refractivity contribution in [3.8, 4) is 0 Å². The Kier molecular flexibility index (Phi) is 4.32. The first-order chi connectivity index (χ1) is 7.79. The molecule has 1 atom stereocenters. The van der Waals surface area contributed by atoms with Crippen LogP contribution in [0.3, 0.4) is 0 Å². The van der Waals surface area contributed by atoms with Crippen LogP contribution in [-0.4, -0.2) is 17.6 Å². The van der Waals surface area contributed by atoms with Gasteiger partial charge in [-0.05, 0) is 38.1 Å². The summed E-state index contributed by atoms with van der Waals surface area (Å²) in [7, 11) is 0. The third-order valence-electron chi connectivity index (χ3n) is 3.11. The third-order valence-corrected chi connectivity index (χ3v) is 4.25. The largest absolute Gasteiger partial charge is 0.327 e. The second-order valence-corrected chi connectivity index (χ2v) is 5.74. The van der Waals surface area contributed by atoms with Crippen LogP contribution in [0.25, 0.3) is 0 Å². The van der Waals surface area contributed by atoms with Crippen molar-refractivity contribution in [3.63, 3.8) is 0 Å². The Morgan fingerprint density at radius 2 is 2.44 bits per heavy atom. The topological polar surface area (TPSA) is 50.9 Å². The van der Waals surface area contributed by atoms with Crippen LogP contribution in [0.4, 0.5) is 0 Å². The van der Waals surface area contributed by atoms with Crippen molar-refractivity contribution in [2.45, 2.75) is 45.2 Å². The van der Waals surface area contributed by atoms with E-state index in [1.165, 1.54) is 22.7 Å². The molecule has 1 aromatic rings. The number of thiazole rings is 1. The smallest absolute Gasteiger partial charge is 0.107 e. The van der Waals surface area contributed by atoms with Crippen molar-refractivity contribution >= 4 is 11.3 Å². The molecule has 0 bridgehead atoms. The van der Waals surface area contributed by atoms with Crippen LogP contribution in [0.1, 0.15) is 36.1 Å². The van der Waals surface area contributed by atoms with Gasteiger partial charge in [0.25, 0.3) is 0 Å². The number of nitrogens with one attached hydrogen (secondary N) is 1. The predicted octanol–water partition coefficient (Wildman–Crippen LogP) is 1.92. The molecule has 1 unspecified atom stereocenters. The standard InChI is InChI=1S/C12H21N3S/c1-2-10-7-15-12(16-10)8-14-6-5-11(13)9-3-4-9/h7,9,11,14H,2-6,8,13H2,1H3. The average Bonchev–Trinajstić information content (AvgIpc) is 3.04. The van der Waals surface area contributed by atoms with Crippen LogP contribution >= 0.6 is 11.3 Å². The minimum atomic E-state index is 0.412. The van der Waals surface area contributed by atoms with Gasteiger partial charge in [-0.2, -0.15) is 0 Å². The molecule has 0 spiro atoms. The highest BCUT2D eigenvalue weighted by atomic mass is 32.1. The lowest BCUT2D eigenvalue weighted by Gasteiger charge is -2.09. The van der Waals surface area contributed by atoms with Crippen molar-refractivity contribution in [2.75, 3.05) is 6.54 Å². The molecule has 0 radical (unpaired) electrons. The monoisotopic (exact) mass is 239 g/mol. The molecule has 3 nitrogen and oxygen atoms in total. The first-order valence-electron chi connectivity index (χ1n) is 6.19. The number of nitrogens with two attached hydrogens (primary N) is 1. The van der Waals surface area contributed by atoms with Crippen LogP contribution < -0.4 is 11.1 Å². The lowest BCUT2D eigenvalue weighted by Crippen LogP contribution is -2.28. The Morgan fingerprint density at radius 1 is 1.62 bits per heavy atom. The molecule has 1 aliphatic rings. The van der Waals surface area contributed by atoms with E-state index in [1.807, 2.05) is 6.20 Å². The van der Waals surface area contributed by atoms with Gasteiger partial charge < -0.3 is 11.1 Å². The van der Waals surface area contributed by atoms with Gasteiger partial charge in [0, 0.05) is 23.7 Å². The van der Waals surface area contributed by atoms with Gasteiger partial charge in [0.1, 0.15) is 5.01 Å². The van der Waals surface area contributed by atoms with Crippen molar-refractivity contribution in [3.05, 3.63) is 16.1 Å². The van der Waals surface area contributed by atoms with Gasteiger partial charge in [-0.3, -0.25) is 0 Å². The molecule has 90 valence electrons. The summed E-state index contributed by atoms with van der Waals surface area (Å²) in [6.07, 6.45) is 6.85. The molecule has 1 fully saturated rings. The second kappa shape index (κ2) is 5.75. The van der Waals surface area contributed by atoms with Crippen molar-refractivity contribution < 1.29 is 0 Å².